The molecule has 1 atom stereocenters. The summed E-state index contributed by atoms with van der Waals surface area (Å²) in [5.74, 6) is 1.11. The van der Waals surface area contributed by atoms with E-state index in [0.717, 1.165) is 31.4 Å². The fraction of sp³-hybridized carbons (Fsp3) is 0.619. The zero-order valence-corrected chi connectivity index (χ0v) is 14.8. The first-order chi connectivity index (χ1) is 11.3. The molecule has 1 aromatic heterocycles. The summed E-state index contributed by atoms with van der Waals surface area (Å²) in [6.45, 7) is 2.18. The van der Waals surface area contributed by atoms with Crippen LogP contribution in [0.5, 0.6) is 0 Å². The number of furan rings is 1. The molecule has 0 radical (unpaired) electrons. The summed E-state index contributed by atoms with van der Waals surface area (Å²) in [6, 6.07) is 4.01. The lowest BCUT2D eigenvalue weighted by Crippen LogP contribution is -2.00. The average Bonchev–Trinajstić information content (AvgIpc) is 3.06. The van der Waals surface area contributed by atoms with Gasteiger partial charge in [0.1, 0.15) is 5.76 Å². The molecule has 0 saturated heterocycles. The molecule has 0 amide bonds. The third-order valence-electron chi connectivity index (χ3n) is 4.06. The van der Waals surface area contributed by atoms with Gasteiger partial charge < -0.3 is 9.52 Å². The van der Waals surface area contributed by atoms with Gasteiger partial charge in [-0.15, -0.1) is 0 Å². The van der Waals surface area contributed by atoms with Crippen LogP contribution in [0.4, 0.5) is 0 Å². The molecule has 0 spiro atoms. The Hall–Kier alpha value is -1.28. The molecule has 1 heterocycles. The number of allylic oxidation sites excluding steroid dienone is 3. The summed E-state index contributed by atoms with van der Waals surface area (Å²) < 4.78 is 5.33. The summed E-state index contributed by atoms with van der Waals surface area (Å²) in [5, 5.41) is 9.74. The van der Waals surface area contributed by atoms with Crippen LogP contribution < -0.4 is 0 Å². The Labute approximate surface area is 142 Å². The maximum Gasteiger partial charge on any atom is 0.103 e. The number of aliphatic hydroxyl groups excluding tert-OH is 1. The molecular formula is C21H34O2. The molecular weight excluding hydrogens is 284 g/mol. The zero-order chi connectivity index (χ0) is 16.6. The van der Waals surface area contributed by atoms with E-state index in [0.29, 0.717) is 0 Å². The first kappa shape index (κ1) is 19.8. The van der Waals surface area contributed by atoms with Crippen LogP contribution >= 0.6 is 0 Å². The average molecular weight is 319 g/mol. The first-order valence-corrected chi connectivity index (χ1v) is 9.36. The molecule has 0 fully saturated rings. The molecule has 0 aliphatic rings. The lowest BCUT2D eigenvalue weighted by atomic mass is 10.1. The van der Waals surface area contributed by atoms with Crippen molar-refractivity contribution < 1.29 is 9.52 Å². The van der Waals surface area contributed by atoms with Crippen LogP contribution in [-0.4, -0.2) is 11.2 Å². The standard InChI is InChI=1S/C21H34O2/c1-2-3-11-15-20(22)16-12-9-7-5-4-6-8-10-13-17-21-18-14-19-23-21/h7,9,12,14,16,18-20,22H,2-6,8,10-11,13,15,17H2,1H3. The molecule has 1 N–H and O–H groups in total. The highest BCUT2D eigenvalue weighted by Gasteiger charge is 1.97. The Bertz CT molecular complexity index is 403. The van der Waals surface area contributed by atoms with Gasteiger partial charge in [0.2, 0.25) is 0 Å². The van der Waals surface area contributed by atoms with Gasteiger partial charge in [0.25, 0.3) is 0 Å². The van der Waals surface area contributed by atoms with Gasteiger partial charge in [-0.2, -0.15) is 0 Å². The third-order valence-corrected chi connectivity index (χ3v) is 4.06. The van der Waals surface area contributed by atoms with Crippen LogP contribution in [-0.2, 0) is 6.42 Å². The van der Waals surface area contributed by atoms with Gasteiger partial charge in [-0.3, -0.25) is 0 Å². The Morgan fingerprint density at radius 2 is 1.87 bits per heavy atom. The van der Waals surface area contributed by atoms with Gasteiger partial charge in [0.05, 0.1) is 12.4 Å². The first-order valence-electron chi connectivity index (χ1n) is 9.36. The molecule has 0 aliphatic heterocycles. The molecule has 1 unspecified atom stereocenters. The third kappa shape index (κ3) is 11.9. The monoisotopic (exact) mass is 318 g/mol. The fourth-order valence-electron chi connectivity index (χ4n) is 2.61. The molecule has 1 rings (SSSR count). The summed E-state index contributed by atoms with van der Waals surface area (Å²) in [6.07, 6.45) is 22.6. The number of aryl methyl sites for hydroxylation is 1. The Kier molecular flexibility index (Phi) is 12.3. The van der Waals surface area contributed by atoms with Crippen molar-refractivity contribution >= 4 is 0 Å². The Morgan fingerprint density at radius 3 is 2.65 bits per heavy atom. The van der Waals surface area contributed by atoms with Crippen molar-refractivity contribution in [1.82, 2.24) is 0 Å². The lowest BCUT2D eigenvalue weighted by Gasteiger charge is -2.03. The fourth-order valence-corrected chi connectivity index (χ4v) is 2.61. The minimum atomic E-state index is -0.277. The minimum absolute atomic E-state index is 0.277. The van der Waals surface area contributed by atoms with Crippen LogP contribution in [0, 0.1) is 0 Å². The van der Waals surface area contributed by atoms with Gasteiger partial charge in [-0.25, -0.2) is 0 Å². The molecule has 130 valence electrons. The van der Waals surface area contributed by atoms with E-state index in [1.165, 1.54) is 44.9 Å². The van der Waals surface area contributed by atoms with Crippen molar-refractivity contribution in [3.63, 3.8) is 0 Å². The highest BCUT2D eigenvalue weighted by atomic mass is 16.3. The smallest absolute Gasteiger partial charge is 0.103 e. The van der Waals surface area contributed by atoms with Crippen molar-refractivity contribution in [1.29, 1.82) is 0 Å². The Morgan fingerprint density at radius 1 is 1.04 bits per heavy atom. The van der Waals surface area contributed by atoms with E-state index < -0.39 is 0 Å². The van der Waals surface area contributed by atoms with Crippen molar-refractivity contribution in [3.05, 3.63) is 48.5 Å². The van der Waals surface area contributed by atoms with Gasteiger partial charge >= 0.3 is 0 Å². The maximum atomic E-state index is 9.74. The van der Waals surface area contributed by atoms with Gasteiger partial charge in [0.15, 0.2) is 0 Å². The normalized spacial score (nSPS) is 13.3. The van der Waals surface area contributed by atoms with E-state index in [1.807, 2.05) is 18.2 Å². The Balaban J connectivity index is 1.87. The zero-order valence-electron chi connectivity index (χ0n) is 14.8. The molecule has 23 heavy (non-hydrogen) atoms. The van der Waals surface area contributed by atoms with Crippen molar-refractivity contribution in [2.75, 3.05) is 0 Å². The van der Waals surface area contributed by atoms with Crippen molar-refractivity contribution in [2.24, 2.45) is 0 Å². The number of hydrogen-bond acceptors (Lipinski definition) is 2. The maximum absolute atomic E-state index is 9.74. The number of unbranched alkanes of at least 4 members (excludes halogenated alkanes) is 7. The molecule has 0 aromatic carbocycles. The van der Waals surface area contributed by atoms with E-state index in [4.69, 9.17) is 4.42 Å². The van der Waals surface area contributed by atoms with Gasteiger partial charge in [0, 0.05) is 6.42 Å². The summed E-state index contributed by atoms with van der Waals surface area (Å²) >= 11 is 0. The van der Waals surface area contributed by atoms with E-state index in [9.17, 15) is 5.11 Å². The number of hydrogen-bond donors (Lipinski definition) is 1. The van der Waals surface area contributed by atoms with E-state index >= 15 is 0 Å². The number of rotatable bonds is 14. The molecule has 0 bridgehead atoms. The van der Waals surface area contributed by atoms with Crippen LogP contribution in [0.15, 0.2) is 47.1 Å². The van der Waals surface area contributed by atoms with Crippen LogP contribution in [0.2, 0.25) is 0 Å². The molecule has 1 aromatic rings. The lowest BCUT2D eigenvalue weighted by molar-refractivity contribution is 0.208. The largest absolute Gasteiger partial charge is 0.469 e. The SMILES string of the molecule is CCCCCC(O)C=CC=CCCCCCCCc1ccco1. The van der Waals surface area contributed by atoms with Crippen molar-refractivity contribution in [2.45, 2.75) is 83.7 Å². The molecule has 2 nitrogen and oxygen atoms in total. The summed E-state index contributed by atoms with van der Waals surface area (Å²) in [7, 11) is 0. The quantitative estimate of drug-likeness (QED) is 0.326. The highest BCUT2D eigenvalue weighted by Crippen LogP contribution is 2.10. The summed E-state index contributed by atoms with van der Waals surface area (Å²) in [5.41, 5.74) is 0. The molecule has 2 heteroatoms. The second-order valence-electron chi connectivity index (χ2n) is 6.26. The summed E-state index contributed by atoms with van der Waals surface area (Å²) in [4.78, 5) is 0. The van der Waals surface area contributed by atoms with Crippen LogP contribution in [0.1, 0.15) is 76.9 Å². The predicted molar refractivity (Wildman–Crippen MR) is 98.5 cm³/mol. The molecule has 0 aliphatic carbocycles. The highest BCUT2D eigenvalue weighted by molar-refractivity contribution is 5.04. The van der Waals surface area contributed by atoms with Gasteiger partial charge in [-0.1, -0.05) is 69.8 Å². The second-order valence-corrected chi connectivity index (χ2v) is 6.26. The second kappa shape index (κ2) is 14.3. The molecule has 0 saturated carbocycles. The van der Waals surface area contributed by atoms with Crippen LogP contribution in [0.3, 0.4) is 0 Å². The van der Waals surface area contributed by atoms with Crippen molar-refractivity contribution in [3.8, 4) is 0 Å². The minimum Gasteiger partial charge on any atom is -0.469 e. The number of aliphatic hydroxyl groups is 1. The van der Waals surface area contributed by atoms with Crippen LogP contribution in [0.25, 0.3) is 0 Å². The van der Waals surface area contributed by atoms with Gasteiger partial charge in [-0.05, 0) is 37.8 Å². The van der Waals surface area contributed by atoms with E-state index in [-0.39, 0.29) is 6.10 Å². The topological polar surface area (TPSA) is 33.4 Å². The van der Waals surface area contributed by atoms with E-state index in [2.05, 4.69) is 25.1 Å². The predicted octanol–water partition coefficient (Wildman–Crippen LogP) is 6.22. The van der Waals surface area contributed by atoms with E-state index in [1.54, 1.807) is 6.26 Å².